The zero-order valence-electron chi connectivity index (χ0n) is 11.0. The van der Waals surface area contributed by atoms with E-state index in [-0.39, 0.29) is 16.7 Å². The highest BCUT2D eigenvalue weighted by atomic mass is 35.5. The molecule has 0 nitrogen and oxygen atoms in total. The van der Waals surface area contributed by atoms with Gasteiger partial charge in [-0.05, 0) is 35.8 Å². The van der Waals surface area contributed by atoms with Crippen molar-refractivity contribution in [2.75, 3.05) is 0 Å². The Morgan fingerprint density at radius 3 is 2.00 bits per heavy atom. The molecule has 5 heteroatoms. The number of halogens is 5. The number of rotatable bonds is 2. The Hall–Kier alpha value is -1.45. The highest BCUT2D eigenvalue weighted by Gasteiger charge is 2.25. The summed E-state index contributed by atoms with van der Waals surface area (Å²) in [5.74, 6) is 0. The number of hydrogen-bond donors (Lipinski definition) is 0. The first-order chi connectivity index (χ1) is 9.76. The van der Waals surface area contributed by atoms with Gasteiger partial charge in [-0.3, -0.25) is 0 Å². The molecular formula is C16H11Cl2F3. The first-order valence-corrected chi connectivity index (χ1v) is 6.84. The highest BCUT2D eigenvalue weighted by Crippen LogP contribution is 2.33. The summed E-state index contributed by atoms with van der Waals surface area (Å²) in [6.07, 6.45) is -4.15. The van der Waals surface area contributed by atoms with Gasteiger partial charge in [-0.1, -0.05) is 59.1 Å². The molecule has 0 aromatic heterocycles. The van der Waals surface area contributed by atoms with Crippen molar-refractivity contribution in [3.05, 3.63) is 75.3 Å². The SMILES string of the molecule is Cc1ccc(/C(=C/C(F)(F)F)c2ccc(Cl)c(Cl)c2)cc1. The van der Waals surface area contributed by atoms with Gasteiger partial charge in [0.2, 0.25) is 0 Å². The Bertz CT molecular complexity index is 671. The van der Waals surface area contributed by atoms with Crippen LogP contribution in [0.25, 0.3) is 5.57 Å². The van der Waals surface area contributed by atoms with Gasteiger partial charge in [-0.15, -0.1) is 0 Å². The lowest BCUT2D eigenvalue weighted by Crippen LogP contribution is -2.04. The van der Waals surface area contributed by atoms with Gasteiger partial charge in [0.05, 0.1) is 10.0 Å². The zero-order valence-corrected chi connectivity index (χ0v) is 12.5. The minimum Gasteiger partial charge on any atom is -0.167 e. The maximum Gasteiger partial charge on any atom is 0.410 e. The Morgan fingerprint density at radius 1 is 0.905 bits per heavy atom. The predicted molar refractivity (Wildman–Crippen MR) is 80.8 cm³/mol. The van der Waals surface area contributed by atoms with Crippen molar-refractivity contribution in [3.8, 4) is 0 Å². The summed E-state index contributed by atoms with van der Waals surface area (Å²) < 4.78 is 38.4. The van der Waals surface area contributed by atoms with Crippen molar-refractivity contribution >= 4 is 28.8 Å². The molecule has 0 fully saturated rings. The molecule has 2 aromatic rings. The van der Waals surface area contributed by atoms with Crippen LogP contribution < -0.4 is 0 Å². The monoisotopic (exact) mass is 330 g/mol. The van der Waals surface area contributed by atoms with Crippen LogP contribution in [-0.2, 0) is 0 Å². The van der Waals surface area contributed by atoms with Crippen LogP contribution in [-0.4, -0.2) is 6.18 Å². The van der Waals surface area contributed by atoms with Gasteiger partial charge in [0, 0.05) is 6.08 Å². The van der Waals surface area contributed by atoms with E-state index in [1.807, 2.05) is 6.92 Å². The van der Waals surface area contributed by atoms with Crippen LogP contribution in [0.15, 0.2) is 48.5 Å². The first-order valence-electron chi connectivity index (χ1n) is 6.08. The number of aryl methyl sites for hydroxylation is 1. The molecule has 0 aliphatic carbocycles. The van der Waals surface area contributed by atoms with Crippen LogP contribution in [0.1, 0.15) is 16.7 Å². The maximum atomic E-state index is 12.8. The fourth-order valence-corrected chi connectivity index (χ4v) is 2.19. The summed E-state index contributed by atoms with van der Waals surface area (Å²) in [6, 6.07) is 11.3. The fourth-order valence-electron chi connectivity index (χ4n) is 1.89. The molecule has 21 heavy (non-hydrogen) atoms. The molecule has 2 rings (SSSR count). The largest absolute Gasteiger partial charge is 0.410 e. The van der Waals surface area contributed by atoms with Crippen molar-refractivity contribution in [3.63, 3.8) is 0 Å². The van der Waals surface area contributed by atoms with Crippen molar-refractivity contribution < 1.29 is 13.2 Å². The molecule has 0 saturated carbocycles. The minimum atomic E-state index is -4.42. The molecule has 110 valence electrons. The van der Waals surface area contributed by atoms with Crippen molar-refractivity contribution in [1.82, 2.24) is 0 Å². The number of benzene rings is 2. The molecule has 0 spiro atoms. The van der Waals surface area contributed by atoms with E-state index in [4.69, 9.17) is 23.2 Å². The topological polar surface area (TPSA) is 0 Å². The normalized spacial score (nSPS) is 12.6. The van der Waals surface area contributed by atoms with Gasteiger partial charge >= 0.3 is 6.18 Å². The quantitative estimate of drug-likeness (QED) is 0.606. The second kappa shape index (κ2) is 6.12. The summed E-state index contributed by atoms with van der Waals surface area (Å²) in [7, 11) is 0. The summed E-state index contributed by atoms with van der Waals surface area (Å²) in [5.41, 5.74) is 1.86. The van der Waals surface area contributed by atoms with Gasteiger partial charge in [0.1, 0.15) is 0 Å². The average Bonchev–Trinajstić information content (AvgIpc) is 2.39. The van der Waals surface area contributed by atoms with Crippen molar-refractivity contribution in [2.45, 2.75) is 13.1 Å². The molecule has 0 amide bonds. The molecule has 0 bridgehead atoms. The summed E-state index contributed by atoms with van der Waals surface area (Å²) in [6.45, 7) is 1.87. The number of alkyl halides is 3. The van der Waals surface area contributed by atoms with E-state index in [2.05, 4.69) is 0 Å². The second-order valence-corrected chi connectivity index (χ2v) is 5.41. The maximum absolute atomic E-state index is 12.8. The molecule has 2 aromatic carbocycles. The minimum absolute atomic E-state index is 0.0565. The number of hydrogen-bond acceptors (Lipinski definition) is 0. The van der Waals surface area contributed by atoms with Crippen LogP contribution in [0.4, 0.5) is 13.2 Å². The van der Waals surface area contributed by atoms with Crippen LogP contribution in [0.5, 0.6) is 0 Å². The Kier molecular flexibility index (Phi) is 4.64. The zero-order chi connectivity index (χ0) is 15.6. The van der Waals surface area contributed by atoms with Gasteiger partial charge in [-0.25, -0.2) is 0 Å². The van der Waals surface area contributed by atoms with Crippen LogP contribution >= 0.6 is 23.2 Å². The molecule has 0 aliphatic rings. The van der Waals surface area contributed by atoms with Gasteiger partial charge in [0.15, 0.2) is 0 Å². The summed E-state index contributed by atoms with van der Waals surface area (Å²) in [5, 5.41) is 0.519. The Balaban J connectivity index is 2.58. The molecule has 0 atom stereocenters. The number of allylic oxidation sites excluding steroid dienone is 1. The summed E-state index contributed by atoms with van der Waals surface area (Å²) >= 11 is 11.7. The standard InChI is InChI=1S/C16H11Cl2F3/c1-10-2-4-11(5-3-10)13(9-16(19,20)21)12-6-7-14(17)15(18)8-12/h2-9H,1H3/b13-9-. The van der Waals surface area contributed by atoms with E-state index >= 15 is 0 Å². The third-order valence-electron chi connectivity index (χ3n) is 2.90. The lowest BCUT2D eigenvalue weighted by atomic mass is 9.96. The molecule has 0 N–H and O–H groups in total. The lowest BCUT2D eigenvalue weighted by Gasteiger charge is -2.12. The molecule has 0 unspecified atom stereocenters. The third-order valence-corrected chi connectivity index (χ3v) is 3.64. The van der Waals surface area contributed by atoms with Crippen LogP contribution in [0.3, 0.4) is 0 Å². The fraction of sp³-hybridized carbons (Fsp3) is 0.125. The van der Waals surface area contributed by atoms with E-state index in [1.165, 1.54) is 18.2 Å². The molecule has 0 heterocycles. The molecule has 0 radical (unpaired) electrons. The van der Waals surface area contributed by atoms with Gasteiger partial charge < -0.3 is 0 Å². The summed E-state index contributed by atoms with van der Waals surface area (Å²) in [4.78, 5) is 0. The predicted octanol–water partition coefficient (Wildman–Crippen LogP) is 6.30. The van der Waals surface area contributed by atoms with E-state index in [0.717, 1.165) is 5.56 Å². The average molecular weight is 331 g/mol. The Labute approximate surface area is 130 Å². The second-order valence-electron chi connectivity index (χ2n) is 4.59. The molecule has 0 saturated heterocycles. The van der Waals surface area contributed by atoms with Crippen molar-refractivity contribution in [1.29, 1.82) is 0 Å². The molecular weight excluding hydrogens is 320 g/mol. The van der Waals surface area contributed by atoms with E-state index < -0.39 is 6.18 Å². The molecule has 0 aliphatic heterocycles. The van der Waals surface area contributed by atoms with Gasteiger partial charge in [0.25, 0.3) is 0 Å². The van der Waals surface area contributed by atoms with E-state index in [1.54, 1.807) is 24.3 Å². The Morgan fingerprint density at radius 2 is 1.48 bits per heavy atom. The van der Waals surface area contributed by atoms with E-state index in [0.29, 0.717) is 16.1 Å². The smallest absolute Gasteiger partial charge is 0.167 e. The highest BCUT2D eigenvalue weighted by molar-refractivity contribution is 6.42. The van der Waals surface area contributed by atoms with Crippen LogP contribution in [0, 0.1) is 6.92 Å². The lowest BCUT2D eigenvalue weighted by molar-refractivity contribution is -0.0793. The third kappa shape index (κ3) is 4.26. The van der Waals surface area contributed by atoms with Crippen LogP contribution in [0.2, 0.25) is 10.0 Å². The van der Waals surface area contributed by atoms with Crippen molar-refractivity contribution in [2.24, 2.45) is 0 Å². The van der Waals surface area contributed by atoms with E-state index in [9.17, 15) is 13.2 Å². The van der Waals surface area contributed by atoms with Gasteiger partial charge in [-0.2, -0.15) is 13.2 Å². The first kappa shape index (κ1) is 15.9.